The van der Waals surface area contributed by atoms with E-state index in [1.807, 2.05) is 0 Å². The molecule has 1 aromatic carbocycles. The molecule has 5 nitrogen and oxygen atoms in total. The van der Waals surface area contributed by atoms with Crippen molar-refractivity contribution in [1.29, 1.82) is 0 Å². The number of aromatic nitrogens is 3. The number of ether oxygens (including phenoxy) is 1. The second-order valence-electron chi connectivity index (χ2n) is 3.47. The molecule has 0 saturated heterocycles. The summed E-state index contributed by atoms with van der Waals surface area (Å²) in [6.45, 7) is -2.94. The van der Waals surface area contributed by atoms with Crippen molar-refractivity contribution in [3.05, 3.63) is 36.2 Å². The van der Waals surface area contributed by atoms with E-state index in [0.717, 1.165) is 0 Å². The maximum Gasteiger partial charge on any atom is 0.387 e. The van der Waals surface area contributed by atoms with Gasteiger partial charge < -0.3 is 9.84 Å². The van der Waals surface area contributed by atoms with Gasteiger partial charge in [-0.3, -0.25) is 0 Å². The van der Waals surface area contributed by atoms with E-state index in [-0.39, 0.29) is 12.4 Å². The van der Waals surface area contributed by atoms with Gasteiger partial charge in [0.2, 0.25) is 0 Å². The molecule has 0 amide bonds. The summed E-state index contributed by atoms with van der Waals surface area (Å²) >= 11 is 0. The Bertz CT molecular complexity index is 516. The van der Waals surface area contributed by atoms with Crippen LogP contribution >= 0.6 is 0 Å². The quantitative estimate of drug-likeness (QED) is 0.877. The van der Waals surface area contributed by atoms with Crippen LogP contribution in [0.3, 0.4) is 0 Å². The molecule has 1 heterocycles. The minimum atomic E-state index is -2.90. The number of para-hydroxylation sites is 2. The topological polar surface area (TPSA) is 60.2 Å². The first-order valence-corrected chi connectivity index (χ1v) is 5.27. The van der Waals surface area contributed by atoms with Gasteiger partial charge in [0.05, 0.1) is 11.9 Å². The van der Waals surface area contributed by atoms with Gasteiger partial charge in [0.1, 0.15) is 5.69 Å². The number of aliphatic hydroxyl groups excluding tert-OH is 1. The van der Waals surface area contributed by atoms with Crippen LogP contribution in [0.5, 0.6) is 5.75 Å². The normalized spacial score (nSPS) is 10.9. The highest BCUT2D eigenvalue weighted by atomic mass is 19.3. The van der Waals surface area contributed by atoms with E-state index in [9.17, 15) is 8.78 Å². The zero-order valence-corrected chi connectivity index (χ0v) is 9.33. The molecule has 96 valence electrons. The van der Waals surface area contributed by atoms with Crippen LogP contribution in [0.2, 0.25) is 0 Å². The highest BCUT2D eigenvalue weighted by Gasteiger charge is 2.11. The fourth-order valence-electron chi connectivity index (χ4n) is 1.49. The Kier molecular flexibility index (Phi) is 3.83. The van der Waals surface area contributed by atoms with Gasteiger partial charge >= 0.3 is 6.61 Å². The van der Waals surface area contributed by atoms with Crippen LogP contribution in [0.25, 0.3) is 5.69 Å². The van der Waals surface area contributed by atoms with Crippen LogP contribution in [0.4, 0.5) is 8.78 Å². The average molecular weight is 255 g/mol. The zero-order chi connectivity index (χ0) is 13.0. The predicted octanol–water partition coefficient (Wildman–Crippen LogP) is 1.40. The van der Waals surface area contributed by atoms with Crippen LogP contribution in [-0.2, 0) is 6.42 Å². The first-order valence-electron chi connectivity index (χ1n) is 5.27. The molecule has 0 aliphatic heterocycles. The molecular weight excluding hydrogens is 244 g/mol. The maximum absolute atomic E-state index is 12.2. The summed E-state index contributed by atoms with van der Waals surface area (Å²) in [6, 6.07) is 6.29. The van der Waals surface area contributed by atoms with Gasteiger partial charge in [0, 0.05) is 13.0 Å². The Balaban J connectivity index is 2.30. The molecule has 18 heavy (non-hydrogen) atoms. The first-order chi connectivity index (χ1) is 8.70. The predicted molar refractivity (Wildman–Crippen MR) is 58.8 cm³/mol. The number of nitrogens with zero attached hydrogens (tertiary/aromatic N) is 3. The molecule has 0 atom stereocenters. The lowest BCUT2D eigenvalue weighted by Crippen LogP contribution is -2.06. The fourth-order valence-corrected chi connectivity index (χ4v) is 1.49. The monoisotopic (exact) mass is 255 g/mol. The maximum atomic E-state index is 12.2. The Morgan fingerprint density at radius 1 is 1.33 bits per heavy atom. The van der Waals surface area contributed by atoms with Crippen LogP contribution in [-0.4, -0.2) is 33.3 Å². The number of alkyl halides is 2. The number of hydrogen-bond acceptors (Lipinski definition) is 4. The minimum Gasteiger partial charge on any atom is -0.433 e. The molecule has 0 saturated carbocycles. The van der Waals surface area contributed by atoms with Crippen LogP contribution in [0.15, 0.2) is 30.5 Å². The third-order valence-electron chi connectivity index (χ3n) is 2.24. The highest BCUT2D eigenvalue weighted by molar-refractivity contribution is 5.45. The largest absolute Gasteiger partial charge is 0.433 e. The standard InChI is InChI=1S/C11H11F2N3O2/c12-11(13)18-10-4-2-1-3-9(10)16-7-8(5-6-17)14-15-16/h1-4,7,11,17H,5-6H2. The van der Waals surface area contributed by atoms with Gasteiger partial charge in [-0.25, -0.2) is 4.68 Å². The summed E-state index contributed by atoms with van der Waals surface area (Å²) in [5, 5.41) is 16.4. The number of aliphatic hydroxyl groups is 1. The van der Waals surface area contributed by atoms with Crippen molar-refractivity contribution in [2.75, 3.05) is 6.61 Å². The SMILES string of the molecule is OCCc1cn(-c2ccccc2OC(F)F)nn1. The van der Waals surface area contributed by atoms with Gasteiger partial charge in [-0.2, -0.15) is 8.78 Å². The van der Waals surface area contributed by atoms with Crippen LogP contribution in [0, 0.1) is 0 Å². The molecule has 0 bridgehead atoms. The summed E-state index contributed by atoms with van der Waals surface area (Å²) < 4.78 is 30.2. The number of rotatable bonds is 5. The van der Waals surface area contributed by atoms with Gasteiger partial charge in [0.15, 0.2) is 5.75 Å². The second kappa shape index (κ2) is 5.54. The molecule has 0 spiro atoms. The molecule has 2 aromatic rings. The third kappa shape index (κ3) is 2.80. The van der Waals surface area contributed by atoms with E-state index < -0.39 is 6.61 Å². The molecule has 0 fully saturated rings. The van der Waals surface area contributed by atoms with Crippen molar-refractivity contribution in [1.82, 2.24) is 15.0 Å². The Morgan fingerprint density at radius 2 is 2.11 bits per heavy atom. The minimum absolute atomic E-state index is 0.0212. The molecule has 0 aliphatic carbocycles. The lowest BCUT2D eigenvalue weighted by Gasteiger charge is -2.09. The van der Waals surface area contributed by atoms with E-state index in [2.05, 4.69) is 15.0 Å². The number of halogens is 2. The summed E-state index contributed by atoms with van der Waals surface area (Å²) in [7, 11) is 0. The van der Waals surface area contributed by atoms with Crippen molar-refractivity contribution in [2.45, 2.75) is 13.0 Å². The van der Waals surface area contributed by atoms with Crippen molar-refractivity contribution in [3.63, 3.8) is 0 Å². The Morgan fingerprint density at radius 3 is 2.83 bits per heavy atom. The highest BCUT2D eigenvalue weighted by Crippen LogP contribution is 2.23. The van der Waals surface area contributed by atoms with E-state index in [1.165, 1.54) is 10.7 Å². The summed E-state index contributed by atoms with van der Waals surface area (Å²) in [5.41, 5.74) is 0.943. The first kappa shape index (κ1) is 12.4. The van der Waals surface area contributed by atoms with Crippen molar-refractivity contribution in [2.24, 2.45) is 0 Å². The molecule has 1 aromatic heterocycles. The molecule has 0 unspecified atom stereocenters. The zero-order valence-electron chi connectivity index (χ0n) is 9.33. The van der Waals surface area contributed by atoms with E-state index in [0.29, 0.717) is 17.8 Å². The Labute approximate surface area is 102 Å². The van der Waals surface area contributed by atoms with Crippen molar-refractivity contribution < 1.29 is 18.6 Å². The smallest absolute Gasteiger partial charge is 0.387 e. The molecular formula is C11H11F2N3O2. The number of benzene rings is 1. The molecule has 0 radical (unpaired) electrons. The third-order valence-corrected chi connectivity index (χ3v) is 2.24. The lowest BCUT2D eigenvalue weighted by molar-refractivity contribution is -0.0499. The Hall–Kier alpha value is -2.02. The summed E-state index contributed by atoms with van der Waals surface area (Å²) in [6.07, 6.45) is 1.92. The average Bonchev–Trinajstić information content (AvgIpc) is 2.78. The fraction of sp³-hybridized carbons (Fsp3) is 0.273. The van der Waals surface area contributed by atoms with Crippen molar-refractivity contribution >= 4 is 0 Å². The van der Waals surface area contributed by atoms with E-state index >= 15 is 0 Å². The second-order valence-corrected chi connectivity index (χ2v) is 3.47. The molecule has 1 N–H and O–H groups in total. The van der Waals surface area contributed by atoms with E-state index in [1.54, 1.807) is 24.4 Å². The van der Waals surface area contributed by atoms with E-state index in [4.69, 9.17) is 5.11 Å². The van der Waals surface area contributed by atoms with Gasteiger partial charge in [-0.15, -0.1) is 5.10 Å². The van der Waals surface area contributed by atoms with Crippen LogP contribution in [0.1, 0.15) is 5.69 Å². The van der Waals surface area contributed by atoms with Gasteiger partial charge in [0.25, 0.3) is 0 Å². The van der Waals surface area contributed by atoms with Crippen molar-refractivity contribution in [3.8, 4) is 11.4 Å². The summed E-state index contributed by atoms with van der Waals surface area (Å²) in [5.74, 6) is 0.0212. The van der Waals surface area contributed by atoms with Gasteiger partial charge in [-0.05, 0) is 12.1 Å². The van der Waals surface area contributed by atoms with Gasteiger partial charge in [-0.1, -0.05) is 17.3 Å². The molecule has 0 aliphatic rings. The molecule has 7 heteroatoms. The van der Waals surface area contributed by atoms with Crippen LogP contribution < -0.4 is 4.74 Å². The lowest BCUT2D eigenvalue weighted by atomic mass is 10.3. The summed E-state index contributed by atoms with van der Waals surface area (Å²) in [4.78, 5) is 0. The molecule has 2 rings (SSSR count). The number of hydrogen-bond donors (Lipinski definition) is 1.